The van der Waals surface area contributed by atoms with Gasteiger partial charge in [0.05, 0.1) is 13.2 Å². The Kier molecular flexibility index (Phi) is 3.30. The Hall–Kier alpha value is -0.120. The molecule has 0 amide bonds. The van der Waals surface area contributed by atoms with Crippen molar-refractivity contribution in [3.8, 4) is 0 Å². The molecule has 1 fully saturated rings. The maximum absolute atomic E-state index is 9.62. The number of hydrogen-bond donors (Lipinski definition) is 1. The first-order chi connectivity index (χ1) is 5.22. The second kappa shape index (κ2) is 4.04. The molecular formula is C8H17NO2. The molecule has 0 spiro atoms. The second-order valence-corrected chi connectivity index (χ2v) is 3.31. The van der Waals surface area contributed by atoms with Crippen LogP contribution in [0.25, 0.3) is 0 Å². The first-order valence-electron chi connectivity index (χ1n) is 4.21. The van der Waals surface area contributed by atoms with Crippen molar-refractivity contribution in [1.82, 2.24) is 4.90 Å². The zero-order valence-corrected chi connectivity index (χ0v) is 7.29. The number of rotatable bonds is 2. The quantitative estimate of drug-likeness (QED) is 0.628. The molecular weight excluding hydrogens is 142 g/mol. The Morgan fingerprint density at radius 3 is 2.27 bits per heavy atom. The zero-order chi connectivity index (χ0) is 8.27. The number of hydrogen-bond acceptors (Lipinski definition) is 3. The fraction of sp³-hybridized carbons (Fsp3) is 1.00. The van der Waals surface area contributed by atoms with Crippen molar-refractivity contribution >= 4 is 0 Å². The third-order valence-electron chi connectivity index (χ3n) is 2.02. The molecule has 1 aliphatic rings. The van der Waals surface area contributed by atoms with E-state index in [1.165, 1.54) is 0 Å². The highest BCUT2D eigenvalue weighted by Crippen LogP contribution is 2.09. The molecule has 1 atom stereocenters. The molecule has 1 aliphatic heterocycles. The third kappa shape index (κ3) is 2.43. The summed E-state index contributed by atoms with van der Waals surface area (Å²) in [4.78, 5) is 2.06. The average Bonchev–Trinajstić information content (AvgIpc) is 2.05. The lowest BCUT2D eigenvalue weighted by Gasteiger charge is -2.33. The van der Waals surface area contributed by atoms with Crippen LogP contribution in [0.2, 0.25) is 0 Å². The summed E-state index contributed by atoms with van der Waals surface area (Å²) in [6.45, 7) is 7.28. The van der Waals surface area contributed by atoms with E-state index >= 15 is 0 Å². The Morgan fingerprint density at radius 2 is 1.82 bits per heavy atom. The molecule has 1 saturated heterocycles. The van der Waals surface area contributed by atoms with Crippen LogP contribution in [0.15, 0.2) is 0 Å². The van der Waals surface area contributed by atoms with Crippen LogP contribution in [-0.4, -0.2) is 42.5 Å². The molecule has 1 rings (SSSR count). The van der Waals surface area contributed by atoms with Gasteiger partial charge in [-0.2, -0.15) is 0 Å². The van der Waals surface area contributed by atoms with Gasteiger partial charge in [0, 0.05) is 13.1 Å². The molecule has 66 valence electrons. The van der Waals surface area contributed by atoms with Crippen LogP contribution < -0.4 is 0 Å². The molecule has 0 aromatic carbocycles. The van der Waals surface area contributed by atoms with Gasteiger partial charge in [0.15, 0.2) is 0 Å². The molecule has 1 N–H and O–H groups in total. The van der Waals surface area contributed by atoms with Crippen molar-refractivity contribution in [2.24, 2.45) is 5.92 Å². The predicted octanol–water partition coefficient (Wildman–Crippen LogP) is 0.293. The highest BCUT2D eigenvalue weighted by Gasteiger charge is 2.20. The largest absolute Gasteiger partial charge is 0.379 e. The molecule has 0 aliphatic carbocycles. The van der Waals surface area contributed by atoms with Crippen molar-refractivity contribution in [3.05, 3.63) is 0 Å². The summed E-state index contributed by atoms with van der Waals surface area (Å²) in [6.07, 6.45) is -0.293. The van der Waals surface area contributed by atoms with E-state index in [2.05, 4.69) is 4.90 Å². The molecule has 3 heteroatoms. The lowest BCUT2D eigenvalue weighted by atomic mass is 10.1. The summed E-state index contributed by atoms with van der Waals surface area (Å²) in [5.74, 6) is 0.313. The standard InChI is InChI=1S/C8H17NO2/c1-7(2)8(10)9-3-5-11-6-4-9/h7-8,10H,3-6H2,1-2H3. The van der Waals surface area contributed by atoms with E-state index in [4.69, 9.17) is 4.74 Å². The van der Waals surface area contributed by atoms with Crippen LogP contribution in [0.3, 0.4) is 0 Å². The van der Waals surface area contributed by atoms with Crippen LogP contribution in [0.1, 0.15) is 13.8 Å². The number of ether oxygens (including phenoxy) is 1. The topological polar surface area (TPSA) is 32.7 Å². The van der Waals surface area contributed by atoms with Gasteiger partial charge in [-0.25, -0.2) is 0 Å². The van der Waals surface area contributed by atoms with Gasteiger partial charge in [-0.05, 0) is 5.92 Å². The molecule has 1 unspecified atom stereocenters. The van der Waals surface area contributed by atoms with Crippen LogP contribution in [-0.2, 0) is 4.74 Å². The minimum atomic E-state index is -0.293. The summed E-state index contributed by atoms with van der Waals surface area (Å²) < 4.78 is 5.18. The summed E-state index contributed by atoms with van der Waals surface area (Å²) in [7, 11) is 0. The minimum absolute atomic E-state index is 0.293. The van der Waals surface area contributed by atoms with Crippen LogP contribution in [0, 0.1) is 5.92 Å². The molecule has 3 nitrogen and oxygen atoms in total. The number of aliphatic hydroxyl groups excluding tert-OH is 1. The van der Waals surface area contributed by atoms with Gasteiger partial charge in [-0.15, -0.1) is 0 Å². The summed E-state index contributed by atoms with van der Waals surface area (Å²) in [6, 6.07) is 0. The van der Waals surface area contributed by atoms with E-state index in [1.54, 1.807) is 0 Å². The minimum Gasteiger partial charge on any atom is -0.379 e. The van der Waals surface area contributed by atoms with Crippen LogP contribution in [0.4, 0.5) is 0 Å². The van der Waals surface area contributed by atoms with E-state index in [0.717, 1.165) is 26.3 Å². The zero-order valence-electron chi connectivity index (χ0n) is 7.29. The molecule has 0 saturated carbocycles. The Labute approximate surface area is 68.0 Å². The third-order valence-corrected chi connectivity index (χ3v) is 2.02. The van der Waals surface area contributed by atoms with Crippen molar-refractivity contribution in [3.63, 3.8) is 0 Å². The van der Waals surface area contributed by atoms with E-state index in [9.17, 15) is 5.11 Å². The highest BCUT2D eigenvalue weighted by atomic mass is 16.5. The van der Waals surface area contributed by atoms with E-state index < -0.39 is 0 Å². The maximum atomic E-state index is 9.62. The van der Waals surface area contributed by atoms with Gasteiger partial charge in [0.1, 0.15) is 6.23 Å². The van der Waals surface area contributed by atoms with Gasteiger partial charge >= 0.3 is 0 Å². The Bertz CT molecular complexity index is 111. The average molecular weight is 159 g/mol. The van der Waals surface area contributed by atoms with Crippen molar-refractivity contribution in [1.29, 1.82) is 0 Å². The van der Waals surface area contributed by atoms with Crippen molar-refractivity contribution in [2.75, 3.05) is 26.3 Å². The number of morpholine rings is 1. The first-order valence-corrected chi connectivity index (χ1v) is 4.21. The smallest absolute Gasteiger partial charge is 0.109 e. The Morgan fingerprint density at radius 1 is 1.27 bits per heavy atom. The number of nitrogens with zero attached hydrogens (tertiary/aromatic N) is 1. The molecule has 0 aromatic heterocycles. The van der Waals surface area contributed by atoms with Crippen LogP contribution >= 0.6 is 0 Å². The van der Waals surface area contributed by atoms with Crippen molar-refractivity contribution in [2.45, 2.75) is 20.1 Å². The molecule has 0 radical (unpaired) electrons. The van der Waals surface area contributed by atoms with Gasteiger partial charge in [0.25, 0.3) is 0 Å². The molecule has 1 heterocycles. The van der Waals surface area contributed by atoms with Gasteiger partial charge < -0.3 is 9.84 Å². The fourth-order valence-corrected chi connectivity index (χ4v) is 1.26. The van der Waals surface area contributed by atoms with Gasteiger partial charge in [-0.3, -0.25) is 4.90 Å². The molecule has 0 bridgehead atoms. The molecule has 11 heavy (non-hydrogen) atoms. The Balaban J connectivity index is 2.32. The highest BCUT2D eigenvalue weighted by molar-refractivity contribution is 4.67. The summed E-state index contributed by atoms with van der Waals surface area (Å²) in [5, 5.41) is 9.62. The van der Waals surface area contributed by atoms with E-state index in [0.29, 0.717) is 5.92 Å². The molecule has 0 aromatic rings. The van der Waals surface area contributed by atoms with Gasteiger partial charge in [-0.1, -0.05) is 13.8 Å². The monoisotopic (exact) mass is 159 g/mol. The first kappa shape index (κ1) is 8.97. The van der Waals surface area contributed by atoms with Gasteiger partial charge in [0.2, 0.25) is 0 Å². The predicted molar refractivity (Wildman–Crippen MR) is 43.2 cm³/mol. The fourth-order valence-electron chi connectivity index (χ4n) is 1.26. The lowest BCUT2D eigenvalue weighted by Crippen LogP contribution is -2.45. The summed E-state index contributed by atoms with van der Waals surface area (Å²) in [5.41, 5.74) is 0. The maximum Gasteiger partial charge on any atom is 0.109 e. The lowest BCUT2D eigenvalue weighted by molar-refractivity contribution is -0.0787. The van der Waals surface area contributed by atoms with E-state index in [1.807, 2.05) is 13.8 Å². The van der Waals surface area contributed by atoms with Crippen LogP contribution in [0.5, 0.6) is 0 Å². The van der Waals surface area contributed by atoms with E-state index in [-0.39, 0.29) is 6.23 Å². The summed E-state index contributed by atoms with van der Waals surface area (Å²) >= 11 is 0. The SMILES string of the molecule is CC(C)C(O)N1CCOCC1. The normalized spacial score (nSPS) is 24.0. The second-order valence-electron chi connectivity index (χ2n) is 3.31. The number of aliphatic hydroxyl groups is 1. The van der Waals surface area contributed by atoms with Crippen molar-refractivity contribution < 1.29 is 9.84 Å².